The molecular formula is C45H44GeIrN2S-2. The number of benzene rings is 4. The molecule has 3 aromatic heterocycles. The minimum absolute atomic E-state index is 0. The molecule has 0 amide bonds. The zero-order valence-corrected chi connectivity index (χ0v) is 35.0. The van der Waals surface area contributed by atoms with Crippen LogP contribution in [0.5, 0.6) is 0 Å². The molecule has 1 aliphatic rings. The van der Waals surface area contributed by atoms with Crippen LogP contribution in [0, 0.1) is 31.9 Å². The van der Waals surface area contributed by atoms with E-state index < -0.39 is 13.3 Å². The van der Waals surface area contributed by atoms with Gasteiger partial charge in [-0.2, -0.15) is 11.3 Å². The molecule has 0 bridgehead atoms. The van der Waals surface area contributed by atoms with Gasteiger partial charge in [0.1, 0.15) is 0 Å². The van der Waals surface area contributed by atoms with Crippen LogP contribution in [0.3, 0.4) is 0 Å². The van der Waals surface area contributed by atoms with E-state index in [2.05, 4.69) is 121 Å². The summed E-state index contributed by atoms with van der Waals surface area (Å²) in [6.07, 6.45) is 10.7. The summed E-state index contributed by atoms with van der Waals surface area (Å²) in [5, 5.41) is 2.63. The third-order valence-electron chi connectivity index (χ3n) is 9.90. The number of hydrogen-bond acceptors (Lipinski definition) is 3. The topological polar surface area (TPSA) is 25.8 Å². The maximum atomic E-state index is 4.77. The van der Waals surface area contributed by atoms with Crippen LogP contribution in [-0.2, 0) is 26.5 Å². The van der Waals surface area contributed by atoms with Crippen molar-refractivity contribution in [2.24, 2.45) is 5.92 Å². The van der Waals surface area contributed by atoms with Crippen LogP contribution in [0.4, 0.5) is 0 Å². The molecule has 0 atom stereocenters. The Morgan fingerprint density at radius 1 is 0.760 bits per heavy atom. The monoisotopic (exact) mass is 911 g/mol. The standard InChI is InChI=1S/C31H28NS.C14H16GeN.Ir/c1-20-7-5-8-21(2)30(20)24-13-14-25-26-11-6-12-27(31(26)33-29(25)19-24)28-18-23(15-16-32-28)17-22-9-3-4-10-22;1-15(2,3)13-9-10-14(16-11-13)12-7-5-4-6-8-12;/h5-8,11,13-16,18-19,22H,3-4,9-10,17H2,1-2H3;4-7,9-11H,1-3H3;/q2*-1;. The summed E-state index contributed by atoms with van der Waals surface area (Å²) in [6.45, 7) is 4.41. The van der Waals surface area contributed by atoms with Gasteiger partial charge < -0.3 is 4.98 Å². The molecule has 0 saturated heterocycles. The quantitative estimate of drug-likeness (QED) is 0.123. The number of aromatic nitrogens is 2. The van der Waals surface area contributed by atoms with E-state index in [1.807, 2.05) is 48.0 Å². The molecule has 1 radical (unpaired) electrons. The van der Waals surface area contributed by atoms with Gasteiger partial charge in [0, 0.05) is 31.0 Å². The van der Waals surface area contributed by atoms with Crippen molar-refractivity contribution in [2.45, 2.75) is 63.2 Å². The second-order valence-electron chi connectivity index (χ2n) is 14.5. The number of thiophene rings is 1. The Morgan fingerprint density at radius 3 is 2.26 bits per heavy atom. The van der Waals surface area contributed by atoms with Gasteiger partial charge in [0.05, 0.1) is 0 Å². The number of hydrogen-bond donors (Lipinski definition) is 0. The largest absolute Gasteiger partial charge is 0 e. The Kier molecular flexibility index (Phi) is 11.5. The van der Waals surface area contributed by atoms with Gasteiger partial charge >= 0.3 is 99.8 Å². The summed E-state index contributed by atoms with van der Waals surface area (Å²) >= 11 is 0.155. The van der Waals surface area contributed by atoms with Crippen LogP contribution in [-0.4, -0.2) is 23.2 Å². The van der Waals surface area contributed by atoms with Crippen LogP contribution in [0.2, 0.25) is 17.3 Å². The second kappa shape index (κ2) is 15.9. The maximum absolute atomic E-state index is 4.77. The molecule has 255 valence electrons. The van der Waals surface area contributed by atoms with Gasteiger partial charge in [0.25, 0.3) is 0 Å². The molecular weight excluding hydrogens is 865 g/mol. The van der Waals surface area contributed by atoms with Gasteiger partial charge in [-0.1, -0.05) is 73.0 Å². The number of pyridine rings is 2. The van der Waals surface area contributed by atoms with Crippen molar-refractivity contribution in [3.8, 4) is 33.6 Å². The van der Waals surface area contributed by atoms with Gasteiger partial charge in [-0.05, 0) is 76.4 Å². The zero-order valence-electron chi connectivity index (χ0n) is 29.6. The Labute approximate surface area is 318 Å². The molecule has 0 aliphatic heterocycles. The van der Waals surface area contributed by atoms with E-state index in [9.17, 15) is 0 Å². The summed E-state index contributed by atoms with van der Waals surface area (Å²) in [4.78, 5) is 9.30. The molecule has 0 unspecified atom stereocenters. The molecule has 3 heterocycles. The van der Waals surface area contributed by atoms with E-state index in [0.717, 1.165) is 28.4 Å². The van der Waals surface area contributed by atoms with E-state index in [1.165, 1.54) is 84.5 Å². The minimum atomic E-state index is -1.72. The van der Waals surface area contributed by atoms with Crippen molar-refractivity contribution in [1.29, 1.82) is 0 Å². The van der Waals surface area contributed by atoms with E-state index in [-0.39, 0.29) is 20.1 Å². The third-order valence-corrected chi connectivity index (χ3v) is 15.3. The molecule has 50 heavy (non-hydrogen) atoms. The smallest absolute Gasteiger partial charge is 0 e. The van der Waals surface area contributed by atoms with E-state index in [0.29, 0.717) is 0 Å². The average molecular weight is 910 g/mol. The van der Waals surface area contributed by atoms with Gasteiger partial charge in [-0.25, -0.2) is 0 Å². The number of fused-ring (bicyclic) bond motifs is 3. The van der Waals surface area contributed by atoms with Crippen molar-refractivity contribution in [2.75, 3.05) is 0 Å². The first kappa shape index (κ1) is 36.4. The number of nitrogens with zero attached hydrogens (tertiary/aromatic N) is 2. The van der Waals surface area contributed by atoms with Crippen molar-refractivity contribution >= 4 is 49.2 Å². The summed E-state index contributed by atoms with van der Waals surface area (Å²) in [5.41, 5.74) is 11.0. The van der Waals surface area contributed by atoms with Crippen molar-refractivity contribution in [1.82, 2.24) is 9.97 Å². The summed E-state index contributed by atoms with van der Waals surface area (Å²) in [6, 6.07) is 41.3. The molecule has 0 N–H and O–H groups in total. The molecule has 1 saturated carbocycles. The minimum Gasteiger partial charge on any atom is 0 e. The van der Waals surface area contributed by atoms with Crippen LogP contribution >= 0.6 is 11.3 Å². The predicted octanol–water partition coefficient (Wildman–Crippen LogP) is 12.0. The maximum Gasteiger partial charge on any atom is 0 e. The predicted molar refractivity (Wildman–Crippen MR) is 213 cm³/mol. The Morgan fingerprint density at radius 2 is 1.56 bits per heavy atom. The fourth-order valence-corrected chi connectivity index (χ4v) is 10.6. The average Bonchev–Trinajstić information content (AvgIpc) is 3.76. The normalized spacial score (nSPS) is 13.2. The van der Waals surface area contributed by atoms with Gasteiger partial charge in [-0.15, -0.1) is 23.8 Å². The molecule has 0 spiro atoms. The van der Waals surface area contributed by atoms with Gasteiger partial charge in [0.2, 0.25) is 0 Å². The molecule has 1 fully saturated rings. The molecule has 4 aromatic carbocycles. The first-order valence-corrected chi connectivity index (χ1v) is 25.7. The molecule has 1 aliphatic carbocycles. The van der Waals surface area contributed by atoms with Crippen molar-refractivity contribution < 1.29 is 20.1 Å². The number of rotatable bonds is 6. The van der Waals surface area contributed by atoms with Crippen LogP contribution in [0.1, 0.15) is 42.4 Å². The Balaban J connectivity index is 0.000000215. The fraction of sp³-hybridized carbons (Fsp3) is 0.244. The first-order chi connectivity index (χ1) is 23.7. The fourth-order valence-electron chi connectivity index (χ4n) is 7.19. The van der Waals surface area contributed by atoms with Crippen LogP contribution in [0.15, 0.2) is 109 Å². The first-order valence-electron chi connectivity index (χ1n) is 17.6. The van der Waals surface area contributed by atoms with E-state index in [1.54, 1.807) is 0 Å². The summed E-state index contributed by atoms with van der Waals surface area (Å²) < 4.78 is 4.06. The Bertz CT molecular complexity index is 2190. The van der Waals surface area contributed by atoms with E-state index >= 15 is 0 Å². The van der Waals surface area contributed by atoms with Crippen molar-refractivity contribution in [3.63, 3.8) is 0 Å². The van der Waals surface area contributed by atoms with Crippen LogP contribution in [0.25, 0.3) is 53.8 Å². The number of aryl methyl sites for hydroxylation is 2. The molecule has 2 nitrogen and oxygen atoms in total. The zero-order chi connectivity index (χ0) is 34.0. The molecule has 5 heteroatoms. The molecule has 8 rings (SSSR count). The van der Waals surface area contributed by atoms with Gasteiger partial charge in [0.15, 0.2) is 0 Å². The molecule has 7 aromatic rings. The third kappa shape index (κ3) is 8.05. The van der Waals surface area contributed by atoms with Crippen molar-refractivity contribution in [3.05, 3.63) is 138 Å². The van der Waals surface area contributed by atoms with Gasteiger partial charge in [-0.3, -0.25) is 0 Å². The Hall–Kier alpha value is -3.41. The second-order valence-corrected chi connectivity index (χ2v) is 26.2. The SMILES string of the molecule is Cc1cccc(C)c1-c1ccc2c(c1)sc1c(-c3cc(CC4CCCC4)ccn3)[c-]ccc12.[CH3][Ge]([CH3])([CH3])[c]1ccc(-c2[c-]cccc2)nc1.[Ir]. The van der Waals surface area contributed by atoms with E-state index in [4.69, 9.17) is 4.98 Å². The van der Waals surface area contributed by atoms with Crippen LogP contribution < -0.4 is 4.40 Å². The summed E-state index contributed by atoms with van der Waals surface area (Å²) in [5.74, 6) is 7.98. The summed E-state index contributed by atoms with van der Waals surface area (Å²) in [7, 11) is 0.